The van der Waals surface area contributed by atoms with Crippen LogP contribution in [0.1, 0.15) is 52.7 Å². The molecule has 196 valence electrons. The highest BCUT2D eigenvalue weighted by Crippen LogP contribution is 2.30. The summed E-state index contributed by atoms with van der Waals surface area (Å²) < 4.78 is 0. The van der Waals surface area contributed by atoms with Gasteiger partial charge in [-0.3, -0.25) is 4.98 Å². The second-order valence-electron chi connectivity index (χ2n) is 11.9. The van der Waals surface area contributed by atoms with Crippen molar-refractivity contribution in [1.82, 2.24) is 19.9 Å². The Balaban J connectivity index is 1.58. The molecule has 0 spiro atoms. The van der Waals surface area contributed by atoms with E-state index in [-0.39, 0.29) is 10.8 Å². The summed E-state index contributed by atoms with van der Waals surface area (Å²) in [4.78, 5) is 19.4. The zero-order valence-electron chi connectivity index (χ0n) is 23.3. The van der Waals surface area contributed by atoms with Crippen molar-refractivity contribution in [3.8, 4) is 45.4 Å². The molecule has 4 nitrogen and oxygen atoms in total. The van der Waals surface area contributed by atoms with Crippen molar-refractivity contribution in [3.63, 3.8) is 0 Å². The zero-order valence-corrected chi connectivity index (χ0v) is 24.1. The number of aromatic nitrogens is 4. The quantitative estimate of drug-likeness (QED) is 0.231. The molecule has 0 aliphatic carbocycles. The van der Waals surface area contributed by atoms with Crippen molar-refractivity contribution in [2.45, 2.75) is 52.4 Å². The van der Waals surface area contributed by atoms with Crippen LogP contribution in [0.5, 0.6) is 0 Å². The fourth-order valence-corrected chi connectivity index (χ4v) is 4.45. The highest BCUT2D eigenvalue weighted by Gasteiger charge is 2.17. The van der Waals surface area contributed by atoms with E-state index >= 15 is 0 Å². The number of nitrogens with zero attached hydrogens (tertiary/aromatic N) is 4. The summed E-state index contributed by atoms with van der Waals surface area (Å²) >= 11 is 6.05. The highest BCUT2D eigenvalue weighted by atomic mass is 35.5. The first kappa shape index (κ1) is 26.7. The van der Waals surface area contributed by atoms with Crippen LogP contribution in [-0.2, 0) is 10.8 Å². The molecule has 0 fully saturated rings. The summed E-state index contributed by atoms with van der Waals surface area (Å²) in [6.45, 7) is 13.3. The van der Waals surface area contributed by atoms with Crippen molar-refractivity contribution in [1.29, 1.82) is 0 Å². The van der Waals surface area contributed by atoms with Crippen molar-refractivity contribution >= 4 is 11.6 Å². The minimum absolute atomic E-state index is 0.0697. The monoisotopic (exact) mass is 532 g/mol. The smallest absolute Gasteiger partial charge is 0.165 e. The summed E-state index contributed by atoms with van der Waals surface area (Å²) in [7, 11) is 0. The predicted molar refractivity (Wildman–Crippen MR) is 162 cm³/mol. The molecule has 0 saturated carbocycles. The highest BCUT2D eigenvalue weighted by molar-refractivity contribution is 6.30. The number of hydrogen-bond donors (Lipinski definition) is 0. The maximum absolute atomic E-state index is 6.05. The molecule has 5 rings (SSSR count). The minimum Gasteiger partial charge on any atom is -0.255 e. The second-order valence-corrected chi connectivity index (χ2v) is 12.3. The number of hydrogen-bond acceptors (Lipinski definition) is 4. The van der Waals surface area contributed by atoms with Crippen molar-refractivity contribution in [2.75, 3.05) is 0 Å². The molecule has 0 unspecified atom stereocenters. The molecular weight excluding hydrogens is 500 g/mol. The Labute approximate surface area is 236 Å². The van der Waals surface area contributed by atoms with Gasteiger partial charge in [0.2, 0.25) is 0 Å². The molecule has 0 N–H and O–H groups in total. The lowest BCUT2D eigenvalue weighted by Gasteiger charge is -2.19. The maximum Gasteiger partial charge on any atom is 0.165 e. The largest absolute Gasteiger partial charge is 0.255 e. The van der Waals surface area contributed by atoms with Crippen molar-refractivity contribution < 1.29 is 0 Å². The Kier molecular flexibility index (Phi) is 7.09. The maximum atomic E-state index is 6.05. The van der Waals surface area contributed by atoms with Gasteiger partial charge >= 0.3 is 0 Å². The van der Waals surface area contributed by atoms with Crippen LogP contribution < -0.4 is 0 Å². The van der Waals surface area contributed by atoms with Gasteiger partial charge in [-0.05, 0) is 46.2 Å². The Morgan fingerprint density at radius 3 is 1.23 bits per heavy atom. The number of benzene rings is 3. The van der Waals surface area contributed by atoms with Gasteiger partial charge in [-0.15, -0.1) is 0 Å². The Morgan fingerprint density at radius 2 is 0.846 bits per heavy atom. The van der Waals surface area contributed by atoms with Crippen LogP contribution in [0.2, 0.25) is 5.02 Å². The first-order valence-corrected chi connectivity index (χ1v) is 13.6. The van der Waals surface area contributed by atoms with Gasteiger partial charge in [0, 0.05) is 33.5 Å². The molecule has 39 heavy (non-hydrogen) atoms. The summed E-state index contributed by atoms with van der Waals surface area (Å²) in [6, 6.07) is 28.6. The van der Waals surface area contributed by atoms with Gasteiger partial charge in [0.05, 0.1) is 5.69 Å². The topological polar surface area (TPSA) is 51.6 Å². The van der Waals surface area contributed by atoms with Crippen LogP contribution >= 0.6 is 11.6 Å². The van der Waals surface area contributed by atoms with E-state index < -0.39 is 0 Å². The summed E-state index contributed by atoms with van der Waals surface area (Å²) in [5.74, 6) is 1.86. The number of rotatable bonds is 4. The summed E-state index contributed by atoms with van der Waals surface area (Å²) in [5, 5.41) is 0.701. The molecule has 3 aromatic carbocycles. The third-order valence-electron chi connectivity index (χ3n) is 6.82. The van der Waals surface area contributed by atoms with Crippen LogP contribution in [0.3, 0.4) is 0 Å². The van der Waals surface area contributed by atoms with E-state index in [0.29, 0.717) is 22.5 Å². The molecule has 0 saturated heterocycles. The molecular formula is C34H33ClN4. The molecule has 5 heteroatoms. The van der Waals surface area contributed by atoms with E-state index in [9.17, 15) is 0 Å². The first-order valence-electron chi connectivity index (χ1n) is 13.2. The van der Waals surface area contributed by atoms with Gasteiger partial charge in [-0.1, -0.05) is 114 Å². The lowest BCUT2D eigenvalue weighted by atomic mass is 9.86. The Hall–Kier alpha value is -3.89. The van der Waals surface area contributed by atoms with E-state index in [4.69, 9.17) is 31.5 Å². The predicted octanol–water partition coefficient (Wildman–Crippen LogP) is 9.18. The van der Waals surface area contributed by atoms with Gasteiger partial charge in [0.15, 0.2) is 17.5 Å². The van der Waals surface area contributed by atoms with E-state index in [1.165, 1.54) is 11.1 Å². The van der Waals surface area contributed by atoms with E-state index in [1.54, 1.807) is 0 Å². The molecule has 0 amide bonds. The first-order chi connectivity index (χ1) is 18.5. The molecule has 0 bridgehead atoms. The Morgan fingerprint density at radius 1 is 0.462 bits per heavy atom. The van der Waals surface area contributed by atoms with Crippen LogP contribution in [0, 0.1) is 0 Å². The molecule has 0 radical (unpaired) electrons. The second kappa shape index (κ2) is 10.3. The minimum atomic E-state index is 0.0697. The zero-order chi connectivity index (χ0) is 27.8. The van der Waals surface area contributed by atoms with Gasteiger partial charge in [-0.2, -0.15) is 0 Å². The van der Waals surface area contributed by atoms with Gasteiger partial charge in [0.1, 0.15) is 0 Å². The Bertz CT molecular complexity index is 1500. The fraction of sp³-hybridized carbons (Fsp3) is 0.235. The van der Waals surface area contributed by atoms with Crippen molar-refractivity contribution in [3.05, 3.63) is 107 Å². The van der Waals surface area contributed by atoms with Crippen molar-refractivity contribution in [2.24, 2.45) is 0 Å². The molecule has 2 heterocycles. The summed E-state index contributed by atoms with van der Waals surface area (Å²) in [5.41, 5.74) is 7.26. The number of pyridine rings is 1. The molecule has 0 aliphatic rings. The van der Waals surface area contributed by atoms with E-state index in [0.717, 1.165) is 27.9 Å². The average Bonchev–Trinajstić information content (AvgIpc) is 2.92. The standard InChI is InChI=1S/C34H33ClN4/c1-33(2,3)26-14-7-23(8-15-26)30-37-31(24-9-16-27(17-10-24)34(4,5)6)39-32(38-30)25-13-20-29(36-21-25)22-11-18-28(35)19-12-22/h7-21H,1-6H3. The molecule has 0 atom stereocenters. The molecule has 5 aromatic rings. The summed E-state index contributed by atoms with van der Waals surface area (Å²) in [6.07, 6.45) is 1.82. The van der Waals surface area contributed by atoms with E-state index in [2.05, 4.69) is 90.1 Å². The van der Waals surface area contributed by atoms with E-state index in [1.807, 2.05) is 42.6 Å². The lowest BCUT2D eigenvalue weighted by Crippen LogP contribution is -2.10. The lowest BCUT2D eigenvalue weighted by molar-refractivity contribution is 0.590. The SMILES string of the molecule is CC(C)(C)c1ccc(-c2nc(-c3ccc(C(C)(C)C)cc3)nc(-c3ccc(-c4ccc(Cl)cc4)nc3)n2)cc1. The van der Waals surface area contributed by atoms with Crippen LogP contribution in [0.25, 0.3) is 45.4 Å². The fourth-order valence-electron chi connectivity index (χ4n) is 4.32. The normalized spacial score (nSPS) is 12.0. The van der Waals surface area contributed by atoms with Crippen LogP contribution in [-0.4, -0.2) is 19.9 Å². The van der Waals surface area contributed by atoms with Crippen LogP contribution in [0.4, 0.5) is 0 Å². The molecule has 2 aromatic heterocycles. The van der Waals surface area contributed by atoms with Gasteiger partial charge < -0.3 is 0 Å². The van der Waals surface area contributed by atoms with Crippen LogP contribution in [0.15, 0.2) is 91.1 Å². The third kappa shape index (κ3) is 6.07. The third-order valence-corrected chi connectivity index (χ3v) is 7.07. The molecule has 0 aliphatic heterocycles. The average molecular weight is 533 g/mol. The number of halogens is 1. The van der Waals surface area contributed by atoms with Gasteiger partial charge in [-0.25, -0.2) is 15.0 Å². The van der Waals surface area contributed by atoms with Gasteiger partial charge in [0.25, 0.3) is 0 Å².